The maximum Gasteiger partial charge on any atom is -1.00 e. The maximum absolute atomic E-state index is 2.78. The molecule has 0 aliphatic heterocycles. The van der Waals surface area contributed by atoms with Crippen LogP contribution in [0.3, 0.4) is 0 Å². The predicted molar refractivity (Wildman–Crippen MR) is 199 cm³/mol. The van der Waals surface area contributed by atoms with E-state index in [0.29, 0.717) is 15.0 Å². The van der Waals surface area contributed by atoms with Gasteiger partial charge in [-0.25, -0.2) is 0 Å². The van der Waals surface area contributed by atoms with Crippen LogP contribution in [0.2, 0.25) is 0 Å². The Bertz CT molecular complexity index is 1830. The summed E-state index contributed by atoms with van der Waals surface area (Å²) in [4.78, 5) is 0. The first-order valence-electron chi connectivity index (χ1n) is 19.0. The van der Waals surface area contributed by atoms with E-state index in [-0.39, 0.29) is 35.6 Å². The van der Waals surface area contributed by atoms with Crippen molar-refractivity contribution in [2.24, 2.45) is 29.1 Å². The zero-order valence-electron chi connectivity index (χ0n) is 31.6. The van der Waals surface area contributed by atoms with Crippen LogP contribution in [-0.2, 0) is 32.1 Å². The Balaban J connectivity index is 0.00000189. The summed E-state index contributed by atoms with van der Waals surface area (Å²) in [6.07, 6.45) is 18.4. The van der Waals surface area contributed by atoms with Crippen LogP contribution in [0.15, 0.2) is 56.9 Å². The molecule has 3 heteroatoms. The van der Waals surface area contributed by atoms with Crippen molar-refractivity contribution in [3.05, 3.63) is 90.3 Å². The van der Waals surface area contributed by atoms with Gasteiger partial charge in [-0.1, -0.05) is 0 Å². The zero-order valence-corrected chi connectivity index (χ0v) is 35.6. The second kappa shape index (κ2) is 11.9. The third kappa shape index (κ3) is 5.31. The van der Waals surface area contributed by atoms with E-state index in [9.17, 15) is 0 Å². The average molecular weight is 771 g/mol. The van der Waals surface area contributed by atoms with Crippen molar-refractivity contribution < 1.29 is 46.1 Å². The minimum atomic E-state index is -2.42. The number of halogens is 2. The van der Waals surface area contributed by atoms with E-state index in [0.717, 1.165) is 17.8 Å². The summed E-state index contributed by atoms with van der Waals surface area (Å²) in [7, 11) is 0. The van der Waals surface area contributed by atoms with Gasteiger partial charge in [0, 0.05) is 0 Å². The van der Waals surface area contributed by atoms with Gasteiger partial charge >= 0.3 is 295 Å². The van der Waals surface area contributed by atoms with Gasteiger partial charge in [0.05, 0.1) is 0 Å². The zero-order chi connectivity index (χ0) is 32.9. The number of allylic oxidation sites excluding steroid dienone is 8. The molecular weight excluding hydrogens is 715 g/mol. The third-order valence-corrected chi connectivity index (χ3v) is 23.4. The first-order chi connectivity index (χ1) is 22.1. The van der Waals surface area contributed by atoms with Gasteiger partial charge in [0.25, 0.3) is 0 Å². The molecule has 8 aliphatic carbocycles. The van der Waals surface area contributed by atoms with Crippen LogP contribution in [0.25, 0.3) is 22.3 Å². The summed E-state index contributed by atoms with van der Waals surface area (Å²) < 4.78 is 4.24. The monoisotopic (exact) mass is 768 g/mol. The van der Waals surface area contributed by atoms with Gasteiger partial charge in [-0.05, 0) is 0 Å². The largest absolute Gasteiger partial charge is 1.00 e. The van der Waals surface area contributed by atoms with Gasteiger partial charge in [0.1, 0.15) is 0 Å². The van der Waals surface area contributed by atoms with Crippen LogP contribution in [0.1, 0.15) is 151 Å². The molecule has 1 unspecified atom stereocenters. The summed E-state index contributed by atoms with van der Waals surface area (Å²) in [6, 6.07) is 10.7. The van der Waals surface area contributed by atoms with Gasteiger partial charge in [-0.15, -0.1) is 0 Å². The minimum Gasteiger partial charge on any atom is -1.00 e. The molecule has 2 aromatic carbocycles. The van der Waals surface area contributed by atoms with Crippen molar-refractivity contribution in [1.82, 2.24) is 0 Å². The smallest absolute Gasteiger partial charge is 1.00 e. The van der Waals surface area contributed by atoms with Crippen LogP contribution in [0.5, 0.6) is 0 Å². The fourth-order valence-corrected chi connectivity index (χ4v) is 22.1. The molecule has 2 aromatic rings. The molecule has 0 N–H and O–H groups in total. The molecule has 258 valence electrons. The van der Waals surface area contributed by atoms with Gasteiger partial charge in [-0.3, -0.25) is 0 Å². The van der Waals surface area contributed by atoms with E-state index in [4.69, 9.17) is 0 Å². The summed E-state index contributed by atoms with van der Waals surface area (Å²) in [6.45, 7) is 24.6. The molecule has 0 radical (unpaired) electrons. The molecule has 8 aliphatic rings. The molecule has 0 aromatic heterocycles. The molecular formula is C46H56Cl2Zr. The summed E-state index contributed by atoms with van der Waals surface area (Å²) >= 11 is -2.42. The van der Waals surface area contributed by atoms with E-state index in [1.165, 1.54) is 48.0 Å². The van der Waals surface area contributed by atoms with Crippen LogP contribution in [0.4, 0.5) is 0 Å². The Morgan fingerprint density at radius 3 is 1.57 bits per heavy atom. The fourth-order valence-electron chi connectivity index (χ4n) is 13.1. The van der Waals surface area contributed by atoms with Gasteiger partial charge < -0.3 is 24.8 Å². The van der Waals surface area contributed by atoms with Crippen molar-refractivity contribution in [1.29, 1.82) is 0 Å². The number of rotatable bonds is 4. The van der Waals surface area contributed by atoms with E-state index in [1.807, 2.05) is 3.28 Å². The Morgan fingerprint density at radius 1 is 0.694 bits per heavy atom. The van der Waals surface area contributed by atoms with Crippen LogP contribution >= 0.6 is 0 Å². The number of hydrogen-bond donors (Lipinski definition) is 0. The van der Waals surface area contributed by atoms with E-state index >= 15 is 0 Å². The molecule has 4 fully saturated rings. The summed E-state index contributed by atoms with van der Waals surface area (Å²) in [5.41, 5.74) is 19.7. The maximum atomic E-state index is 2.78. The van der Waals surface area contributed by atoms with Gasteiger partial charge in [-0.2, -0.15) is 0 Å². The Kier molecular flexibility index (Phi) is 8.75. The number of fused-ring (bicyclic) bond motifs is 5. The summed E-state index contributed by atoms with van der Waals surface area (Å²) in [5, 5.41) is 0. The second-order valence-electron chi connectivity index (χ2n) is 19.0. The van der Waals surface area contributed by atoms with Crippen molar-refractivity contribution in [3.8, 4) is 11.1 Å². The fraction of sp³-hybridized carbons (Fsp3) is 0.543. The van der Waals surface area contributed by atoms with Crippen LogP contribution < -0.4 is 24.8 Å². The molecule has 0 amide bonds. The van der Waals surface area contributed by atoms with Crippen molar-refractivity contribution in [2.75, 3.05) is 0 Å². The van der Waals surface area contributed by atoms with Crippen LogP contribution in [0, 0.1) is 29.1 Å². The second-order valence-corrected chi connectivity index (χ2v) is 26.3. The van der Waals surface area contributed by atoms with Crippen molar-refractivity contribution >= 4 is 14.4 Å². The molecule has 4 saturated carbocycles. The normalized spacial score (nSPS) is 30.3. The van der Waals surface area contributed by atoms with E-state index in [1.54, 1.807) is 67.0 Å². The van der Waals surface area contributed by atoms with E-state index in [2.05, 4.69) is 112 Å². The molecule has 49 heavy (non-hydrogen) atoms. The number of hydrogen-bond acceptors (Lipinski definition) is 0. The van der Waals surface area contributed by atoms with Crippen molar-refractivity contribution in [3.63, 3.8) is 0 Å². The van der Waals surface area contributed by atoms with Crippen molar-refractivity contribution in [2.45, 2.75) is 129 Å². The first kappa shape index (κ1) is 36.1. The predicted octanol–water partition coefficient (Wildman–Crippen LogP) is 6.44. The molecule has 0 spiro atoms. The topological polar surface area (TPSA) is 0 Å². The summed E-state index contributed by atoms with van der Waals surface area (Å²) in [5.74, 6) is 3.67. The standard InChI is InChI=1S/C25H25.C18H25.C3H6.2ClH.Zr/c1-14-12-24(3,4)22-8-16-7-17-9-23-19(15(2)13-25(23,5)6)11-21(17)20(16)10-18(14)22;1-12-3-13(2)17(4-12)11-18-8-14-5-15(9-18)7-16(6-14)10-18;1-3-2;;;/h7-13H,1-6H3;4,12,14-16H,5-11H2,1-2H3;1-2H3;2*1H;/q;;;;;+2/p-2. The average Bonchev–Trinajstić information content (AvgIpc) is 3.58. The minimum absolute atomic E-state index is 0. The first-order valence-corrected chi connectivity index (χ1v) is 22.9. The Hall–Kier alpha value is -1.27. The Morgan fingerprint density at radius 2 is 1.14 bits per heavy atom. The quantitative estimate of drug-likeness (QED) is 0.336. The van der Waals surface area contributed by atoms with Gasteiger partial charge in [0.2, 0.25) is 0 Å². The molecule has 0 heterocycles. The Labute approximate surface area is 317 Å². The molecule has 1 atom stereocenters. The molecule has 0 nitrogen and oxygen atoms in total. The molecule has 10 rings (SSSR count). The number of benzene rings is 2. The molecule has 4 bridgehead atoms. The SMILES string of the molecule is CC1=CC(C)(C)c2cc3c(cc21)-c1cc2c(cc1[CH]3[Zr+2]([C]1=C(C)C(CC34CC5CC(CC(C5)C3)C4)=CC1C)=[C](C)C)C(C)(C)C=C2C.[Cl-].[Cl-]. The van der Waals surface area contributed by atoms with Gasteiger partial charge in [0.15, 0.2) is 0 Å². The third-order valence-electron chi connectivity index (χ3n) is 14.3. The molecule has 0 saturated heterocycles. The van der Waals surface area contributed by atoms with Crippen LogP contribution in [-0.4, -0.2) is 3.21 Å². The van der Waals surface area contributed by atoms with E-state index < -0.39 is 21.3 Å².